The Bertz CT molecular complexity index is 1200. The number of hydrogen-bond donors (Lipinski definition) is 0. The lowest BCUT2D eigenvalue weighted by molar-refractivity contribution is -0.154. The number of nitrogens with zero attached hydrogens (tertiary/aromatic N) is 2. The molecule has 0 unspecified atom stereocenters. The zero-order valence-electron chi connectivity index (χ0n) is 17.1. The van der Waals surface area contributed by atoms with E-state index in [2.05, 4.69) is 4.57 Å². The molecule has 3 aromatic rings. The predicted octanol–water partition coefficient (Wildman–Crippen LogP) is 3.16. The van der Waals surface area contributed by atoms with Crippen LogP contribution in [0.5, 0.6) is 11.5 Å². The molecule has 8 heteroatoms. The number of ether oxygens (including phenoxy) is 3. The van der Waals surface area contributed by atoms with Crippen LogP contribution in [-0.4, -0.2) is 47.2 Å². The van der Waals surface area contributed by atoms with Crippen molar-refractivity contribution in [3.63, 3.8) is 0 Å². The molecule has 160 valence electrons. The van der Waals surface area contributed by atoms with Crippen LogP contribution < -0.4 is 9.47 Å². The minimum atomic E-state index is -0.787. The van der Waals surface area contributed by atoms with E-state index in [0.29, 0.717) is 17.9 Å². The summed E-state index contributed by atoms with van der Waals surface area (Å²) < 4.78 is 18.2. The van der Waals surface area contributed by atoms with E-state index in [-0.39, 0.29) is 18.6 Å². The van der Waals surface area contributed by atoms with Crippen LogP contribution in [0.15, 0.2) is 42.5 Å². The second-order valence-electron chi connectivity index (χ2n) is 7.63. The number of rotatable bonds is 3. The monoisotopic (exact) mass is 440 g/mol. The van der Waals surface area contributed by atoms with E-state index >= 15 is 0 Å². The molecular formula is C23H21ClN2O5. The lowest BCUT2D eigenvalue weighted by Gasteiger charge is -2.41. The second kappa shape index (κ2) is 7.50. The average Bonchev–Trinajstić information content (AvgIpc) is 3.39. The first-order valence-corrected chi connectivity index (χ1v) is 10.5. The fourth-order valence-electron chi connectivity index (χ4n) is 4.78. The van der Waals surface area contributed by atoms with Crippen molar-refractivity contribution >= 4 is 34.4 Å². The molecule has 1 aromatic heterocycles. The summed E-state index contributed by atoms with van der Waals surface area (Å²) in [5.41, 5.74) is 3.80. The quantitative estimate of drug-likeness (QED) is 0.462. The van der Waals surface area contributed by atoms with Crippen LogP contribution in [0.3, 0.4) is 0 Å². The van der Waals surface area contributed by atoms with Gasteiger partial charge >= 0.3 is 5.97 Å². The summed E-state index contributed by atoms with van der Waals surface area (Å²) in [5.74, 6) is 0.208. The van der Waals surface area contributed by atoms with Gasteiger partial charge in [-0.2, -0.15) is 0 Å². The predicted molar refractivity (Wildman–Crippen MR) is 114 cm³/mol. The van der Waals surface area contributed by atoms with Gasteiger partial charge in [-0.1, -0.05) is 24.3 Å². The Kier molecular flexibility index (Phi) is 4.78. The van der Waals surface area contributed by atoms with Gasteiger partial charge in [0.25, 0.3) is 0 Å². The SMILES string of the molecule is COC(=O)[C@@H]1Cc2c(n(C)c3ccccc23)[C@@H](c2ccc3c(c2)OCO3)N1C(=O)CCl. The van der Waals surface area contributed by atoms with Crippen LogP contribution in [0.2, 0.25) is 0 Å². The topological polar surface area (TPSA) is 70.0 Å². The number of fused-ring (bicyclic) bond motifs is 4. The zero-order chi connectivity index (χ0) is 21.7. The van der Waals surface area contributed by atoms with Gasteiger partial charge in [0, 0.05) is 30.1 Å². The standard InChI is InChI=1S/C23H21ClN2O5/c1-25-16-6-4-3-5-14(16)15-10-17(23(28)29-2)26(20(27)11-24)21(22(15)25)13-7-8-18-19(9-13)31-12-30-18/h3-9,17,21H,10-12H2,1-2H3/t17-,21+/m0/s1. The molecule has 0 radical (unpaired) electrons. The van der Waals surface area contributed by atoms with Crippen LogP contribution in [0.25, 0.3) is 10.9 Å². The minimum absolute atomic E-state index is 0.151. The van der Waals surface area contributed by atoms with Crippen molar-refractivity contribution in [2.24, 2.45) is 7.05 Å². The number of amides is 1. The van der Waals surface area contributed by atoms with Crippen LogP contribution >= 0.6 is 11.6 Å². The third kappa shape index (κ3) is 2.95. The Morgan fingerprint density at radius 2 is 1.94 bits per heavy atom. The van der Waals surface area contributed by atoms with Crippen molar-refractivity contribution in [3.05, 3.63) is 59.3 Å². The van der Waals surface area contributed by atoms with E-state index in [4.69, 9.17) is 25.8 Å². The van der Waals surface area contributed by atoms with Crippen LogP contribution in [0.1, 0.15) is 22.9 Å². The van der Waals surface area contributed by atoms with Gasteiger partial charge in [0.2, 0.25) is 12.7 Å². The molecular weight excluding hydrogens is 420 g/mol. The van der Waals surface area contributed by atoms with Crippen molar-refractivity contribution in [3.8, 4) is 11.5 Å². The molecule has 2 aliphatic heterocycles. The number of benzene rings is 2. The third-order valence-corrected chi connectivity index (χ3v) is 6.35. The van der Waals surface area contributed by atoms with Gasteiger partial charge in [0.15, 0.2) is 11.5 Å². The van der Waals surface area contributed by atoms with Crippen molar-refractivity contribution in [1.82, 2.24) is 9.47 Å². The van der Waals surface area contributed by atoms with Crippen LogP contribution in [0.4, 0.5) is 0 Å². The summed E-state index contributed by atoms with van der Waals surface area (Å²) >= 11 is 6.00. The van der Waals surface area contributed by atoms with E-state index in [1.807, 2.05) is 49.5 Å². The van der Waals surface area contributed by atoms with Crippen LogP contribution in [-0.2, 0) is 27.8 Å². The summed E-state index contributed by atoms with van der Waals surface area (Å²) in [6.45, 7) is 0.151. The summed E-state index contributed by atoms with van der Waals surface area (Å²) in [4.78, 5) is 27.4. The number of carbonyl (C=O) groups is 2. The molecule has 0 saturated carbocycles. The molecule has 0 saturated heterocycles. The summed E-state index contributed by atoms with van der Waals surface area (Å²) in [5, 5.41) is 1.05. The van der Waals surface area contributed by atoms with E-state index in [1.165, 1.54) is 7.11 Å². The van der Waals surface area contributed by atoms with Gasteiger partial charge in [-0.15, -0.1) is 11.6 Å². The Morgan fingerprint density at radius 1 is 1.16 bits per heavy atom. The number of alkyl halides is 1. The largest absolute Gasteiger partial charge is 0.467 e. The summed E-state index contributed by atoms with van der Waals surface area (Å²) in [6, 6.07) is 12.3. The van der Waals surface area contributed by atoms with Gasteiger partial charge in [0.1, 0.15) is 11.9 Å². The molecule has 2 aromatic carbocycles. The highest BCUT2D eigenvalue weighted by molar-refractivity contribution is 6.27. The van der Waals surface area contributed by atoms with Gasteiger partial charge in [0.05, 0.1) is 13.2 Å². The average molecular weight is 441 g/mol. The molecule has 2 atom stereocenters. The molecule has 0 fully saturated rings. The number of halogens is 1. The van der Waals surface area contributed by atoms with Crippen molar-refractivity contribution in [2.75, 3.05) is 19.8 Å². The summed E-state index contributed by atoms with van der Waals surface area (Å²) in [7, 11) is 3.31. The van der Waals surface area contributed by atoms with Gasteiger partial charge in [-0.05, 0) is 29.3 Å². The third-order valence-electron chi connectivity index (χ3n) is 6.12. The number of hydrogen-bond acceptors (Lipinski definition) is 5. The molecule has 1 amide bonds. The smallest absolute Gasteiger partial charge is 0.328 e. The number of aryl methyl sites for hydroxylation is 1. The van der Waals surface area contributed by atoms with Crippen molar-refractivity contribution < 1.29 is 23.8 Å². The number of carbonyl (C=O) groups excluding carboxylic acids is 2. The molecule has 0 N–H and O–H groups in total. The first-order chi connectivity index (χ1) is 15.0. The van der Waals surface area contributed by atoms with E-state index in [0.717, 1.165) is 27.7 Å². The van der Waals surface area contributed by atoms with E-state index in [1.54, 1.807) is 4.90 Å². The first-order valence-electron chi connectivity index (χ1n) is 9.95. The highest BCUT2D eigenvalue weighted by Crippen LogP contribution is 2.45. The number of methoxy groups -OCH3 is 1. The van der Waals surface area contributed by atoms with Gasteiger partial charge in [-0.25, -0.2) is 4.79 Å². The second-order valence-corrected chi connectivity index (χ2v) is 7.90. The Balaban J connectivity index is 1.79. The number of esters is 1. The number of aromatic nitrogens is 1. The zero-order valence-corrected chi connectivity index (χ0v) is 17.9. The fraction of sp³-hybridized carbons (Fsp3) is 0.304. The molecule has 0 spiro atoms. The molecule has 2 aliphatic rings. The van der Waals surface area contributed by atoms with Crippen molar-refractivity contribution in [1.29, 1.82) is 0 Å². The van der Waals surface area contributed by atoms with E-state index < -0.39 is 18.1 Å². The maximum absolute atomic E-state index is 13.1. The lowest BCUT2D eigenvalue weighted by atomic mass is 9.87. The molecule has 5 rings (SSSR count). The highest BCUT2D eigenvalue weighted by Gasteiger charge is 2.44. The van der Waals surface area contributed by atoms with Gasteiger partial charge < -0.3 is 23.7 Å². The Morgan fingerprint density at radius 3 is 2.71 bits per heavy atom. The Hall–Kier alpha value is -3.19. The molecule has 0 bridgehead atoms. The molecule has 7 nitrogen and oxygen atoms in total. The highest BCUT2D eigenvalue weighted by atomic mass is 35.5. The first kappa shape index (κ1) is 19.8. The molecule has 3 heterocycles. The lowest BCUT2D eigenvalue weighted by Crippen LogP contribution is -2.52. The Labute approximate surface area is 184 Å². The maximum Gasteiger partial charge on any atom is 0.328 e. The van der Waals surface area contributed by atoms with Crippen molar-refractivity contribution in [2.45, 2.75) is 18.5 Å². The summed E-state index contributed by atoms with van der Waals surface area (Å²) in [6.07, 6.45) is 0.354. The minimum Gasteiger partial charge on any atom is -0.467 e. The maximum atomic E-state index is 13.1. The molecule has 0 aliphatic carbocycles. The fourth-order valence-corrected chi connectivity index (χ4v) is 4.92. The van der Waals surface area contributed by atoms with Crippen LogP contribution in [0, 0.1) is 0 Å². The van der Waals surface area contributed by atoms with Gasteiger partial charge in [-0.3, -0.25) is 4.79 Å². The normalized spacial score (nSPS) is 19.4. The molecule has 31 heavy (non-hydrogen) atoms. The van der Waals surface area contributed by atoms with E-state index in [9.17, 15) is 9.59 Å². The number of para-hydroxylation sites is 1.